The van der Waals surface area contributed by atoms with Gasteiger partial charge in [-0.1, -0.05) is 13.8 Å². The molecule has 4 N–H and O–H groups in total. The number of nitrogen functional groups attached to an aromatic ring is 1. The minimum absolute atomic E-state index is 0.0542. The molecule has 1 aromatic heterocycles. The van der Waals surface area contributed by atoms with E-state index in [4.69, 9.17) is 5.84 Å². The van der Waals surface area contributed by atoms with E-state index >= 15 is 0 Å². The van der Waals surface area contributed by atoms with Crippen LogP contribution in [0.25, 0.3) is 0 Å². The van der Waals surface area contributed by atoms with Crippen molar-refractivity contribution in [3.63, 3.8) is 0 Å². The first-order valence-electron chi connectivity index (χ1n) is 6.86. The van der Waals surface area contributed by atoms with Crippen molar-refractivity contribution in [1.29, 1.82) is 0 Å². The van der Waals surface area contributed by atoms with Crippen molar-refractivity contribution < 1.29 is 4.92 Å². The van der Waals surface area contributed by atoms with Gasteiger partial charge in [0.05, 0.1) is 4.92 Å². The molecule has 0 aliphatic heterocycles. The molecule has 0 amide bonds. The quantitative estimate of drug-likeness (QED) is 0.380. The molecule has 1 unspecified atom stereocenters. The van der Waals surface area contributed by atoms with Gasteiger partial charge in [-0.05, 0) is 32.5 Å². The molecular formula is C13H24N6O2. The van der Waals surface area contributed by atoms with Gasteiger partial charge in [-0.15, -0.1) is 0 Å². The predicted molar refractivity (Wildman–Crippen MR) is 84.1 cm³/mol. The van der Waals surface area contributed by atoms with Crippen molar-refractivity contribution in [1.82, 2.24) is 9.88 Å². The van der Waals surface area contributed by atoms with Crippen LogP contribution in [-0.2, 0) is 0 Å². The number of pyridine rings is 1. The predicted octanol–water partition coefficient (Wildman–Crippen LogP) is 1.66. The lowest BCUT2D eigenvalue weighted by molar-refractivity contribution is -0.384. The molecule has 0 spiro atoms. The number of hydrogen-bond acceptors (Lipinski definition) is 7. The molecular weight excluding hydrogens is 272 g/mol. The minimum Gasteiger partial charge on any atom is -0.360 e. The number of anilines is 2. The van der Waals surface area contributed by atoms with Crippen molar-refractivity contribution in [2.45, 2.75) is 26.3 Å². The fourth-order valence-corrected chi connectivity index (χ4v) is 2.17. The molecule has 21 heavy (non-hydrogen) atoms. The molecule has 0 aliphatic rings. The van der Waals surface area contributed by atoms with Crippen LogP contribution in [0.5, 0.6) is 0 Å². The lowest BCUT2D eigenvalue weighted by Gasteiger charge is -2.24. The summed E-state index contributed by atoms with van der Waals surface area (Å²) in [7, 11) is 3.93. The smallest absolute Gasteiger partial charge is 0.311 e. The Morgan fingerprint density at radius 2 is 2.10 bits per heavy atom. The Hall–Kier alpha value is -1.93. The van der Waals surface area contributed by atoms with Gasteiger partial charge in [0.2, 0.25) is 5.82 Å². The van der Waals surface area contributed by atoms with Gasteiger partial charge in [0.25, 0.3) is 0 Å². The summed E-state index contributed by atoms with van der Waals surface area (Å²) >= 11 is 0. The van der Waals surface area contributed by atoms with E-state index < -0.39 is 4.92 Å². The van der Waals surface area contributed by atoms with Crippen LogP contribution in [0.4, 0.5) is 17.3 Å². The normalized spacial score (nSPS) is 12.5. The Morgan fingerprint density at radius 1 is 1.43 bits per heavy atom. The molecule has 0 fully saturated rings. The van der Waals surface area contributed by atoms with Gasteiger partial charge in [0.1, 0.15) is 5.82 Å². The number of nitrogens with one attached hydrogen (secondary N) is 2. The molecule has 0 aromatic carbocycles. The van der Waals surface area contributed by atoms with Crippen molar-refractivity contribution in [3.8, 4) is 0 Å². The third-order valence-corrected chi connectivity index (χ3v) is 2.90. The van der Waals surface area contributed by atoms with E-state index in [0.717, 1.165) is 13.0 Å². The highest BCUT2D eigenvalue weighted by Crippen LogP contribution is 2.25. The summed E-state index contributed by atoms with van der Waals surface area (Å²) in [6.45, 7) is 4.99. The van der Waals surface area contributed by atoms with Gasteiger partial charge in [-0.2, -0.15) is 0 Å². The van der Waals surface area contributed by atoms with Gasteiger partial charge in [0, 0.05) is 18.7 Å². The highest BCUT2D eigenvalue weighted by Gasteiger charge is 2.20. The number of aromatic nitrogens is 1. The average molecular weight is 296 g/mol. The Labute approximate surface area is 124 Å². The van der Waals surface area contributed by atoms with Crippen LogP contribution >= 0.6 is 0 Å². The van der Waals surface area contributed by atoms with Gasteiger partial charge in [0.15, 0.2) is 0 Å². The highest BCUT2D eigenvalue weighted by molar-refractivity contribution is 5.60. The van der Waals surface area contributed by atoms with Crippen LogP contribution in [0.15, 0.2) is 12.1 Å². The lowest BCUT2D eigenvalue weighted by Crippen LogP contribution is -2.34. The van der Waals surface area contributed by atoms with Crippen LogP contribution in [0.1, 0.15) is 20.3 Å². The second kappa shape index (κ2) is 7.75. The van der Waals surface area contributed by atoms with E-state index in [1.165, 1.54) is 12.1 Å². The second-order valence-corrected chi connectivity index (χ2v) is 5.70. The van der Waals surface area contributed by atoms with E-state index in [9.17, 15) is 10.1 Å². The fourth-order valence-electron chi connectivity index (χ4n) is 2.17. The highest BCUT2D eigenvalue weighted by atomic mass is 16.6. The fraction of sp³-hybridized carbons (Fsp3) is 0.615. The summed E-state index contributed by atoms with van der Waals surface area (Å²) in [6, 6.07) is 2.94. The molecule has 1 aromatic rings. The van der Waals surface area contributed by atoms with Crippen LogP contribution in [0, 0.1) is 16.0 Å². The van der Waals surface area contributed by atoms with Gasteiger partial charge < -0.3 is 15.6 Å². The van der Waals surface area contributed by atoms with Crippen molar-refractivity contribution >= 4 is 17.3 Å². The summed E-state index contributed by atoms with van der Waals surface area (Å²) < 4.78 is 0. The zero-order chi connectivity index (χ0) is 16.0. The number of nitrogens with zero attached hydrogens (tertiary/aromatic N) is 3. The monoisotopic (exact) mass is 296 g/mol. The van der Waals surface area contributed by atoms with E-state index in [0.29, 0.717) is 11.7 Å². The molecule has 0 saturated heterocycles. The zero-order valence-electron chi connectivity index (χ0n) is 13.0. The average Bonchev–Trinajstić information content (AvgIpc) is 2.36. The molecule has 1 atom stereocenters. The van der Waals surface area contributed by atoms with Crippen molar-refractivity contribution in [2.75, 3.05) is 31.4 Å². The summed E-state index contributed by atoms with van der Waals surface area (Å²) in [4.78, 5) is 16.9. The van der Waals surface area contributed by atoms with E-state index in [1.54, 1.807) is 0 Å². The maximum atomic E-state index is 11.1. The third kappa shape index (κ3) is 5.52. The first kappa shape index (κ1) is 17.1. The van der Waals surface area contributed by atoms with E-state index in [2.05, 4.69) is 29.6 Å². The maximum absolute atomic E-state index is 11.1. The molecule has 0 radical (unpaired) electrons. The Bertz CT molecular complexity index is 468. The minimum atomic E-state index is -0.447. The van der Waals surface area contributed by atoms with E-state index in [-0.39, 0.29) is 17.5 Å². The van der Waals surface area contributed by atoms with Gasteiger partial charge in [-0.25, -0.2) is 10.8 Å². The molecule has 0 aliphatic carbocycles. The maximum Gasteiger partial charge on any atom is 0.311 e. The van der Waals surface area contributed by atoms with Gasteiger partial charge >= 0.3 is 5.69 Å². The van der Waals surface area contributed by atoms with Gasteiger partial charge in [-0.3, -0.25) is 10.1 Å². The number of likely N-dealkylation sites (N-methyl/N-ethyl adjacent to an activating group) is 1. The van der Waals surface area contributed by atoms with Crippen LogP contribution < -0.4 is 16.6 Å². The second-order valence-electron chi connectivity index (χ2n) is 5.70. The van der Waals surface area contributed by atoms with Crippen molar-refractivity contribution in [2.24, 2.45) is 11.8 Å². The summed E-state index contributed by atoms with van der Waals surface area (Å²) in [5.41, 5.74) is 2.35. The molecule has 0 bridgehead atoms. The number of hydrazine groups is 1. The number of rotatable bonds is 8. The summed E-state index contributed by atoms with van der Waals surface area (Å²) in [5, 5.41) is 14.3. The Morgan fingerprint density at radius 3 is 2.57 bits per heavy atom. The zero-order valence-corrected chi connectivity index (χ0v) is 13.0. The molecule has 118 valence electrons. The lowest BCUT2D eigenvalue weighted by atomic mass is 10.0. The Balaban J connectivity index is 3.02. The summed E-state index contributed by atoms with van der Waals surface area (Å²) in [6.07, 6.45) is 0.886. The molecule has 0 saturated carbocycles. The first-order chi connectivity index (χ1) is 9.83. The summed E-state index contributed by atoms with van der Waals surface area (Å²) in [5.74, 6) is 6.41. The van der Waals surface area contributed by atoms with Crippen LogP contribution in [0.3, 0.4) is 0 Å². The van der Waals surface area contributed by atoms with Crippen molar-refractivity contribution in [3.05, 3.63) is 22.2 Å². The molecule has 8 nitrogen and oxygen atoms in total. The third-order valence-electron chi connectivity index (χ3n) is 2.90. The number of hydrogen-bond donors (Lipinski definition) is 3. The molecule has 1 heterocycles. The van der Waals surface area contributed by atoms with Crippen LogP contribution in [-0.4, -0.2) is 41.5 Å². The standard InChI is InChI=1S/C13H24N6O2/c1-9(2)7-10(8-18(3)4)15-13-11(19(20)21)5-6-12(16-13)17-14/h5-6,9-10H,7-8,14H2,1-4H3,(H2,15,16,17). The largest absolute Gasteiger partial charge is 0.360 e. The SMILES string of the molecule is CC(C)CC(CN(C)C)Nc1nc(NN)ccc1[N+](=O)[O-]. The Kier molecular flexibility index (Phi) is 6.32. The van der Waals surface area contributed by atoms with Crippen LogP contribution in [0.2, 0.25) is 0 Å². The topological polar surface area (TPSA) is 109 Å². The molecule has 8 heteroatoms. The number of nitro groups is 1. The first-order valence-corrected chi connectivity index (χ1v) is 6.86. The van der Waals surface area contributed by atoms with E-state index in [1.807, 2.05) is 19.0 Å². The number of nitrogens with two attached hydrogens (primary N) is 1. The molecule has 1 rings (SSSR count).